The van der Waals surface area contributed by atoms with Crippen molar-refractivity contribution >= 4 is 0 Å². The summed E-state index contributed by atoms with van der Waals surface area (Å²) in [5.41, 5.74) is -0.192. The number of hydrogen-bond donors (Lipinski definition) is 0. The molecule has 18 heavy (non-hydrogen) atoms. The molecule has 2 rings (SSSR count). The first kappa shape index (κ1) is 13.8. The molecule has 0 amide bonds. The lowest BCUT2D eigenvalue weighted by Gasteiger charge is -2.43. The van der Waals surface area contributed by atoms with Gasteiger partial charge >= 0.3 is 0 Å². The van der Waals surface area contributed by atoms with Gasteiger partial charge in [0.15, 0.2) is 0 Å². The zero-order valence-electron chi connectivity index (χ0n) is 12.0. The molecular weight excluding hydrogens is 222 g/mol. The SMILES string of the molecule is CN(C)C1(C#N)CCC(N2CCCCCC2)CC1. The van der Waals surface area contributed by atoms with Crippen molar-refractivity contribution in [1.82, 2.24) is 9.80 Å². The van der Waals surface area contributed by atoms with E-state index in [0.29, 0.717) is 0 Å². The van der Waals surface area contributed by atoms with Crippen molar-refractivity contribution in [1.29, 1.82) is 5.26 Å². The van der Waals surface area contributed by atoms with E-state index < -0.39 is 0 Å². The molecule has 0 N–H and O–H groups in total. The Kier molecular flexibility index (Phi) is 4.64. The Morgan fingerprint density at radius 1 is 1.06 bits per heavy atom. The lowest BCUT2D eigenvalue weighted by atomic mass is 9.79. The van der Waals surface area contributed by atoms with E-state index in [1.807, 2.05) is 0 Å². The van der Waals surface area contributed by atoms with Crippen molar-refractivity contribution in [3.05, 3.63) is 0 Å². The van der Waals surface area contributed by atoms with Crippen LogP contribution in [0.1, 0.15) is 51.4 Å². The average Bonchev–Trinajstić information content (AvgIpc) is 2.67. The highest BCUT2D eigenvalue weighted by atomic mass is 15.2. The topological polar surface area (TPSA) is 30.3 Å². The summed E-state index contributed by atoms with van der Waals surface area (Å²) >= 11 is 0. The Morgan fingerprint density at radius 3 is 2.06 bits per heavy atom. The molecule has 1 saturated carbocycles. The molecule has 2 aliphatic rings. The van der Waals surface area contributed by atoms with Gasteiger partial charge in [-0.3, -0.25) is 4.90 Å². The van der Waals surface area contributed by atoms with Crippen LogP contribution in [0, 0.1) is 11.3 Å². The highest BCUT2D eigenvalue weighted by Crippen LogP contribution is 2.34. The quantitative estimate of drug-likeness (QED) is 0.753. The van der Waals surface area contributed by atoms with E-state index in [9.17, 15) is 5.26 Å². The van der Waals surface area contributed by atoms with Gasteiger partial charge in [-0.1, -0.05) is 12.8 Å². The lowest BCUT2D eigenvalue weighted by Crippen LogP contribution is -2.50. The van der Waals surface area contributed by atoms with Crippen LogP contribution in [0.3, 0.4) is 0 Å². The van der Waals surface area contributed by atoms with Gasteiger partial charge in [-0.2, -0.15) is 5.26 Å². The smallest absolute Gasteiger partial charge is 0.108 e. The van der Waals surface area contributed by atoms with Gasteiger partial charge in [0.1, 0.15) is 5.54 Å². The van der Waals surface area contributed by atoms with Gasteiger partial charge in [0.2, 0.25) is 0 Å². The normalized spacial score (nSPS) is 35.1. The molecule has 1 saturated heterocycles. The molecule has 1 heterocycles. The van der Waals surface area contributed by atoms with E-state index >= 15 is 0 Å². The second-order valence-electron chi connectivity index (χ2n) is 6.22. The fraction of sp³-hybridized carbons (Fsp3) is 0.933. The Morgan fingerprint density at radius 2 is 1.61 bits per heavy atom. The zero-order valence-corrected chi connectivity index (χ0v) is 12.0. The molecule has 0 unspecified atom stereocenters. The van der Waals surface area contributed by atoms with Crippen molar-refractivity contribution in [3.63, 3.8) is 0 Å². The number of rotatable bonds is 2. The summed E-state index contributed by atoms with van der Waals surface area (Å²) in [6, 6.07) is 3.30. The van der Waals surface area contributed by atoms with Crippen LogP contribution in [0.25, 0.3) is 0 Å². The Hall–Kier alpha value is -0.590. The molecule has 1 aliphatic heterocycles. The van der Waals surface area contributed by atoms with E-state index in [-0.39, 0.29) is 5.54 Å². The summed E-state index contributed by atoms with van der Waals surface area (Å²) in [5, 5.41) is 9.45. The van der Waals surface area contributed by atoms with Crippen molar-refractivity contribution in [2.24, 2.45) is 0 Å². The van der Waals surface area contributed by atoms with Crippen molar-refractivity contribution in [2.45, 2.75) is 62.9 Å². The Balaban J connectivity index is 1.91. The molecule has 0 spiro atoms. The molecule has 0 bridgehead atoms. The number of hydrogen-bond acceptors (Lipinski definition) is 3. The maximum atomic E-state index is 9.45. The minimum absolute atomic E-state index is 0.192. The minimum atomic E-state index is -0.192. The zero-order chi connectivity index (χ0) is 13.0. The maximum Gasteiger partial charge on any atom is 0.108 e. The van der Waals surface area contributed by atoms with Gasteiger partial charge in [-0.15, -0.1) is 0 Å². The molecule has 0 radical (unpaired) electrons. The molecule has 2 fully saturated rings. The maximum absolute atomic E-state index is 9.45. The van der Waals surface area contributed by atoms with E-state index in [4.69, 9.17) is 0 Å². The highest BCUT2D eigenvalue weighted by Gasteiger charge is 2.38. The van der Waals surface area contributed by atoms with E-state index in [0.717, 1.165) is 18.9 Å². The van der Waals surface area contributed by atoms with Crippen LogP contribution < -0.4 is 0 Å². The van der Waals surface area contributed by atoms with Crippen molar-refractivity contribution in [3.8, 4) is 6.07 Å². The van der Waals surface area contributed by atoms with Gasteiger partial charge in [0.05, 0.1) is 6.07 Å². The van der Waals surface area contributed by atoms with Crippen LogP contribution in [0.2, 0.25) is 0 Å². The van der Waals surface area contributed by atoms with Gasteiger partial charge in [-0.05, 0) is 65.7 Å². The largest absolute Gasteiger partial charge is 0.300 e. The monoisotopic (exact) mass is 249 g/mol. The molecule has 0 aromatic rings. The van der Waals surface area contributed by atoms with Gasteiger partial charge < -0.3 is 4.90 Å². The first-order valence-electron chi connectivity index (χ1n) is 7.51. The van der Waals surface area contributed by atoms with Crippen molar-refractivity contribution < 1.29 is 0 Å². The molecule has 0 aromatic carbocycles. The third-order valence-electron chi connectivity index (χ3n) is 5.00. The standard InChI is InChI=1S/C15H27N3/c1-17(2)15(13-16)9-7-14(8-10-15)18-11-5-3-4-6-12-18/h14H,3-12H2,1-2H3. The van der Waals surface area contributed by atoms with Gasteiger partial charge in [-0.25, -0.2) is 0 Å². The van der Waals surface area contributed by atoms with Crippen LogP contribution in [0.15, 0.2) is 0 Å². The summed E-state index contributed by atoms with van der Waals surface area (Å²) in [5.74, 6) is 0. The second-order valence-corrected chi connectivity index (χ2v) is 6.22. The summed E-state index contributed by atoms with van der Waals surface area (Å²) < 4.78 is 0. The van der Waals surface area contributed by atoms with E-state index in [2.05, 4.69) is 30.0 Å². The molecule has 0 atom stereocenters. The number of likely N-dealkylation sites (tertiary alicyclic amines) is 1. The second kappa shape index (κ2) is 6.04. The molecule has 3 heteroatoms. The number of nitrogens with zero attached hydrogens (tertiary/aromatic N) is 3. The van der Waals surface area contributed by atoms with Crippen molar-refractivity contribution in [2.75, 3.05) is 27.2 Å². The third kappa shape index (κ3) is 2.87. The third-order valence-corrected chi connectivity index (χ3v) is 5.00. The number of nitriles is 1. The first-order chi connectivity index (χ1) is 8.68. The fourth-order valence-electron chi connectivity index (χ4n) is 3.56. The Bertz CT molecular complexity index is 289. The van der Waals surface area contributed by atoms with Crippen LogP contribution in [0.4, 0.5) is 0 Å². The van der Waals surface area contributed by atoms with Crippen LogP contribution >= 0.6 is 0 Å². The van der Waals surface area contributed by atoms with Crippen LogP contribution in [0.5, 0.6) is 0 Å². The summed E-state index contributed by atoms with van der Waals surface area (Å²) in [6.07, 6.45) is 10.0. The average molecular weight is 249 g/mol. The van der Waals surface area contributed by atoms with E-state index in [1.165, 1.54) is 51.6 Å². The van der Waals surface area contributed by atoms with Crippen LogP contribution in [-0.4, -0.2) is 48.6 Å². The molecular formula is C15H27N3. The summed E-state index contributed by atoms with van der Waals surface area (Å²) in [6.45, 7) is 2.57. The Labute approximate surface area is 112 Å². The molecule has 3 nitrogen and oxygen atoms in total. The first-order valence-corrected chi connectivity index (χ1v) is 7.51. The predicted molar refractivity (Wildman–Crippen MR) is 74.3 cm³/mol. The molecule has 0 aromatic heterocycles. The van der Waals surface area contributed by atoms with Gasteiger partial charge in [0.25, 0.3) is 0 Å². The van der Waals surface area contributed by atoms with Gasteiger partial charge in [0, 0.05) is 6.04 Å². The molecule has 102 valence electrons. The lowest BCUT2D eigenvalue weighted by molar-refractivity contribution is 0.0874. The summed E-state index contributed by atoms with van der Waals surface area (Å²) in [4.78, 5) is 4.83. The van der Waals surface area contributed by atoms with Crippen LogP contribution in [-0.2, 0) is 0 Å². The minimum Gasteiger partial charge on any atom is -0.300 e. The predicted octanol–water partition coefficient (Wildman–Crippen LogP) is 2.63. The molecule has 1 aliphatic carbocycles. The summed E-state index contributed by atoms with van der Waals surface area (Å²) in [7, 11) is 4.10. The fourth-order valence-corrected chi connectivity index (χ4v) is 3.56. The van der Waals surface area contributed by atoms with E-state index in [1.54, 1.807) is 0 Å². The highest BCUT2D eigenvalue weighted by molar-refractivity contribution is 5.10.